The van der Waals surface area contributed by atoms with E-state index in [9.17, 15) is 9.59 Å². The first-order valence-corrected chi connectivity index (χ1v) is 8.80. The van der Waals surface area contributed by atoms with Crippen molar-refractivity contribution in [2.24, 2.45) is 0 Å². The largest absolute Gasteiger partial charge is 0.484 e. The fraction of sp³-hybridized carbons (Fsp3) is 0.150. The molecular formula is C20H18ClN3O4. The molecule has 144 valence electrons. The summed E-state index contributed by atoms with van der Waals surface area (Å²) in [5, 5.41) is 7.52. The van der Waals surface area contributed by atoms with Crippen LogP contribution in [0.5, 0.6) is 5.75 Å². The van der Waals surface area contributed by atoms with Crippen molar-refractivity contribution in [1.29, 1.82) is 0 Å². The van der Waals surface area contributed by atoms with Gasteiger partial charge in [-0.2, -0.15) is 5.10 Å². The molecule has 0 unspecified atom stereocenters. The van der Waals surface area contributed by atoms with Crippen LogP contribution in [0.4, 0.5) is 5.69 Å². The van der Waals surface area contributed by atoms with Gasteiger partial charge >= 0.3 is 5.97 Å². The number of ether oxygens (including phenoxy) is 2. The number of anilines is 1. The van der Waals surface area contributed by atoms with Gasteiger partial charge in [0.1, 0.15) is 5.75 Å². The van der Waals surface area contributed by atoms with Crippen LogP contribution in [0.3, 0.4) is 0 Å². The molecular weight excluding hydrogens is 382 g/mol. The SMILES string of the molecule is COC(=O)c1ccccc1Cn1cc(NC(=O)COc2ccc(Cl)cc2)cn1. The molecule has 1 heterocycles. The molecule has 0 atom stereocenters. The summed E-state index contributed by atoms with van der Waals surface area (Å²) in [5.74, 6) is -0.172. The Morgan fingerprint density at radius 2 is 1.89 bits per heavy atom. The minimum absolute atomic E-state index is 0.141. The Balaban J connectivity index is 1.58. The second-order valence-electron chi connectivity index (χ2n) is 5.87. The van der Waals surface area contributed by atoms with E-state index in [-0.39, 0.29) is 12.5 Å². The molecule has 0 spiro atoms. The van der Waals surface area contributed by atoms with Crippen LogP contribution in [0.1, 0.15) is 15.9 Å². The monoisotopic (exact) mass is 399 g/mol. The molecule has 0 saturated heterocycles. The maximum Gasteiger partial charge on any atom is 0.338 e. The van der Waals surface area contributed by atoms with Crippen LogP contribution < -0.4 is 10.1 Å². The van der Waals surface area contributed by atoms with E-state index in [1.54, 1.807) is 47.3 Å². The van der Waals surface area contributed by atoms with Crippen LogP contribution in [0.15, 0.2) is 60.9 Å². The van der Waals surface area contributed by atoms with Gasteiger partial charge in [0.05, 0.1) is 31.1 Å². The Bertz CT molecular complexity index is 970. The van der Waals surface area contributed by atoms with Crippen molar-refractivity contribution in [3.8, 4) is 5.75 Å². The Morgan fingerprint density at radius 1 is 1.14 bits per heavy atom. The number of carbonyl (C=O) groups is 2. The van der Waals surface area contributed by atoms with Crippen LogP contribution >= 0.6 is 11.6 Å². The molecule has 0 bridgehead atoms. The number of rotatable bonds is 7. The molecule has 0 saturated carbocycles. The first-order chi connectivity index (χ1) is 13.5. The number of esters is 1. The predicted octanol–water partition coefficient (Wildman–Crippen LogP) is 3.39. The Labute approximate surface area is 166 Å². The van der Waals surface area contributed by atoms with Crippen molar-refractivity contribution >= 4 is 29.2 Å². The topological polar surface area (TPSA) is 82.5 Å². The standard InChI is InChI=1S/C20H18ClN3O4/c1-27-20(26)18-5-3-2-4-14(18)11-24-12-16(10-22-24)23-19(25)13-28-17-8-6-15(21)7-9-17/h2-10,12H,11,13H2,1H3,(H,23,25). The lowest BCUT2D eigenvalue weighted by atomic mass is 10.1. The number of nitrogens with zero attached hydrogens (tertiary/aromatic N) is 2. The molecule has 28 heavy (non-hydrogen) atoms. The highest BCUT2D eigenvalue weighted by molar-refractivity contribution is 6.30. The molecule has 3 rings (SSSR count). The Hall–Kier alpha value is -3.32. The van der Waals surface area contributed by atoms with Gasteiger partial charge in [-0.05, 0) is 35.9 Å². The lowest BCUT2D eigenvalue weighted by Gasteiger charge is -2.08. The van der Waals surface area contributed by atoms with Gasteiger partial charge < -0.3 is 14.8 Å². The lowest BCUT2D eigenvalue weighted by molar-refractivity contribution is -0.118. The van der Waals surface area contributed by atoms with Crippen molar-refractivity contribution in [2.75, 3.05) is 19.0 Å². The molecule has 0 aliphatic heterocycles. The molecule has 1 aromatic heterocycles. The molecule has 1 N–H and O–H groups in total. The lowest BCUT2D eigenvalue weighted by Crippen LogP contribution is -2.19. The van der Waals surface area contributed by atoms with E-state index < -0.39 is 5.97 Å². The Kier molecular flexibility index (Phi) is 6.29. The van der Waals surface area contributed by atoms with Crippen LogP contribution in [0, 0.1) is 0 Å². The number of carbonyl (C=O) groups excluding carboxylic acids is 2. The Morgan fingerprint density at radius 3 is 2.64 bits per heavy atom. The summed E-state index contributed by atoms with van der Waals surface area (Å²) in [5.41, 5.74) is 1.77. The summed E-state index contributed by atoms with van der Waals surface area (Å²) < 4.78 is 11.8. The fourth-order valence-corrected chi connectivity index (χ4v) is 2.66. The van der Waals surface area contributed by atoms with Gasteiger partial charge in [-0.1, -0.05) is 29.8 Å². The molecule has 1 amide bonds. The molecule has 0 radical (unpaired) electrons. The fourth-order valence-electron chi connectivity index (χ4n) is 2.53. The molecule has 0 aliphatic rings. The highest BCUT2D eigenvalue weighted by atomic mass is 35.5. The third-order valence-corrected chi connectivity index (χ3v) is 4.11. The average molecular weight is 400 g/mol. The molecule has 3 aromatic rings. The first kappa shape index (κ1) is 19.4. The van der Waals surface area contributed by atoms with Crippen molar-refractivity contribution in [1.82, 2.24) is 9.78 Å². The number of benzene rings is 2. The third-order valence-electron chi connectivity index (χ3n) is 3.86. The number of amides is 1. The second-order valence-corrected chi connectivity index (χ2v) is 6.30. The van der Waals surface area contributed by atoms with Crippen molar-refractivity contribution in [2.45, 2.75) is 6.54 Å². The van der Waals surface area contributed by atoms with E-state index >= 15 is 0 Å². The summed E-state index contributed by atoms with van der Waals surface area (Å²) in [7, 11) is 1.34. The zero-order chi connectivity index (χ0) is 19.9. The molecule has 7 nitrogen and oxygen atoms in total. The van der Waals surface area contributed by atoms with Crippen LogP contribution in [0.25, 0.3) is 0 Å². The van der Waals surface area contributed by atoms with Gasteiger partial charge in [-0.3, -0.25) is 9.48 Å². The number of halogens is 1. The summed E-state index contributed by atoms with van der Waals surface area (Å²) >= 11 is 5.81. The first-order valence-electron chi connectivity index (χ1n) is 8.42. The van der Waals surface area contributed by atoms with Gasteiger partial charge in [0.25, 0.3) is 5.91 Å². The zero-order valence-corrected chi connectivity index (χ0v) is 15.8. The summed E-state index contributed by atoms with van der Waals surface area (Å²) in [6, 6.07) is 13.9. The number of hydrogen-bond donors (Lipinski definition) is 1. The second kappa shape index (κ2) is 9.05. The third kappa shape index (κ3) is 5.11. The van der Waals surface area contributed by atoms with E-state index in [0.717, 1.165) is 5.56 Å². The highest BCUT2D eigenvalue weighted by Gasteiger charge is 2.12. The quantitative estimate of drug-likeness (QED) is 0.616. The predicted molar refractivity (Wildman–Crippen MR) is 105 cm³/mol. The molecule has 0 fully saturated rings. The van der Waals surface area contributed by atoms with Gasteiger partial charge in [-0.25, -0.2) is 4.79 Å². The van der Waals surface area contributed by atoms with Crippen LogP contribution in [-0.4, -0.2) is 35.4 Å². The molecule has 8 heteroatoms. The van der Waals surface area contributed by atoms with Crippen molar-refractivity contribution in [3.05, 3.63) is 77.1 Å². The smallest absolute Gasteiger partial charge is 0.338 e. The number of aromatic nitrogens is 2. The van der Waals surface area contributed by atoms with E-state index in [4.69, 9.17) is 21.1 Å². The van der Waals surface area contributed by atoms with Crippen LogP contribution in [0.2, 0.25) is 5.02 Å². The minimum atomic E-state index is -0.407. The van der Waals surface area contributed by atoms with Crippen molar-refractivity contribution < 1.29 is 19.1 Å². The molecule has 2 aromatic carbocycles. The van der Waals surface area contributed by atoms with E-state index in [2.05, 4.69) is 10.4 Å². The normalized spacial score (nSPS) is 10.4. The highest BCUT2D eigenvalue weighted by Crippen LogP contribution is 2.16. The summed E-state index contributed by atoms with van der Waals surface area (Å²) in [6.07, 6.45) is 3.20. The van der Waals surface area contributed by atoms with Gasteiger partial charge in [0, 0.05) is 11.2 Å². The van der Waals surface area contributed by atoms with Gasteiger partial charge in [0.2, 0.25) is 0 Å². The number of methoxy groups -OCH3 is 1. The zero-order valence-electron chi connectivity index (χ0n) is 15.1. The van der Waals surface area contributed by atoms with Crippen molar-refractivity contribution in [3.63, 3.8) is 0 Å². The molecule has 0 aliphatic carbocycles. The number of nitrogens with one attached hydrogen (secondary N) is 1. The van der Waals surface area contributed by atoms with E-state index in [1.807, 2.05) is 12.1 Å². The minimum Gasteiger partial charge on any atom is -0.484 e. The summed E-state index contributed by atoms with van der Waals surface area (Å²) in [6.45, 7) is 0.223. The van der Waals surface area contributed by atoms with E-state index in [0.29, 0.717) is 28.6 Å². The van der Waals surface area contributed by atoms with Crippen LogP contribution in [-0.2, 0) is 16.1 Å². The summed E-state index contributed by atoms with van der Waals surface area (Å²) in [4.78, 5) is 23.9. The van der Waals surface area contributed by atoms with Gasteiger partial charge in [0.15, 0.2) is 6.61 Å². The maximum atomic E-state index is 12.0. The maximum absolute atomic E-state index is 12.0. The van der Waals surface area contributed by atoms with E-state index in [1.165, 1.54) is 13.3 Å². The number of hydrogen-bond acceptors (Lipinski definition) is 5. The average Bonchev–Trinajstić information content (AvgIpc) is 3.14. The van der Waals surface area contributed by atoms with Gasteiger partial charge in [-0.15, -0.1) is 0 Å².